The number of methoxy groups -OCH3 is 1. The minimum atomic E-state index is -0.503. The van der Waals surface area contributed by atoms with Gasteiger partial charge in [-0.25, -0.2) is 0 Å². The summed E-state index contributed by atoms with van der Waals surface area (Å²) < 4.78 is 10.1. The van der Waals surface area contributed by atoms with Crippen LogP contribution in [0.2, 0.25) is 0 Å². The zero-order chi connectivity index (χ0) is 14.4. The third kappa shape index (κ3) is 4.18. The molecule has 6 heteroatoms. The zero-order valence-corrected chi connectivity index (χ0v) is 12.1. The van der Waals surface area contributed by atoms with Gasteiger partial charge in [-0.1, -0.05) is 6.92 Å². The molecule has 1 heterocycles. The molecule has 0 saturated carbocycles. The van der Waals surface area contributed by atoms with Gasteiger partial charge in [-0.2, -0.15) is 0 Å². The largest absolute Gasteiger partial charge is 0.468 e. The summed E-state index contributed by atoms with van der Waals surface area (Å²) in [4.78, 5) is 25.7. The maximum absolute atomic E-state index is 12.1. The summed E-state index contributed by atoms with van der Waals surface area (Å²) in [6, 6.07) is -0.744. The van der Waals surface area contributed by atoms with E-state index >= 15 is 0 Å². The first-order valence-electron chi connectivity index (χ1n) is 6.72. The van der Waals surface area contributed by atoms with Crippen LogP contribution in [0.15, 0.2) is 0 Å². The highest BCUT2D eigenvalue weighted by atomic mass is 16.5. The van der Waals surface area contributed by atoms with Crippen LogP contribution >= 0.6 is 0 Å². The number of esters is 1. The van der Waals surface area contributed by atoms with Gasteiger partial charge in [-0.15, -0.1) is 0 Å². The van der Waals surface area contributed by atoms with E-state index in [1.807, 2.05) is 18.7 Å². The summed E-state index contributed by atoms with van der Waals surface area (Å²) in [5, 5.41) is 2.93. The van der Waals surface area contributed by atoms with Crippen molar-refractivity contribution in [3.05, 3.63) is 0 Å². The van der Waals surface area contributed by atoms with Crippen LogP contribution in [0.5, 0.6) is 0 Å². The van der Waals surface area contributed by atoms with E-state index in [-0.39, 0.29) is 30.6 Å². The first kappa shape index (κ1) is 15.9. The second-order valence-electron chi connectivity index (χ2n) is 4.85. The van der Waals surface area contributed by atoms with Crippen molar-refractivity contribution in [3.63, 3.8) is 0 Å². The van der Waals surface area contributed by atoms with Crippen LogP contribution < -0.4 is 5.32 Å². The third-order valence-electron chi connectivity index (χ3n) is 3.52. The lowest BCUT2D eigenvalue weighted by Crippen LogP contribution is -2.58. The molecule has 19 heavy (non-hydrogen) atoms. The summed E-state index contributed by atoms with van der Waals surface area (Å²) in [5.41, 5.74) is 0. The number of morpholine rings is 1. The van der Waals surface area contributed by atoms with Crippen LogP contribution in [0.25, 0.3) is 0 Å². The molecule has 3 atom stereocenters. The summed E-state index contributed by atoms with van der Waals surface area (Å²) in [6.45, 7) is 7.12. The molecule has 0 bridgehead atoms. The molecule has 0 aromatic carbocycles. The average Bonchev–Trinajstić information content (AvgIpc) is 2.45. The van der Waals surface area contributed by atoms with Crippen molar-refractivity contribution in [2.24, 2.45) is 0 Å². The van der Waals surface area contributed by atoms with Gasteiger partial charge >= 0.3 is 5.97 Å². The molecule has 0 spiro atoms. The molecule has 0 aliphatic carbocycles. The summed E-state index contributed by atoms with van der Waals surface area (Å²) in [6.07, 6.45) is 0.877. The Morgan fingerprint density at radius 2 is 2.16 bits per heavy atom. The standard InChI is InChI=1S/C13H24N2O4/c1-5-9(2)14-12(16)10(3)15-6-7-19-8-11(15)13(17)18-4/h9-11H,5-8H2,1-4H3,(H,14,16). The van der Waals surface area contributed by atoms with Gasteiger partial charge in [0.15, 0.2) is 0 Å². The smallest absolute Gasteiger partial charge is 0.325 e. The number of amides is 1. The van der Waals surface area contributed by atoms with Crippen molar-refractivity contribution in [2.75, 3.05) is 26.9 Å². The Morgan fingerprint density at radius 3 is 2.74 bits per heavy atom. The molecule has 0 aromatic rings. The fourth-order valence-electron chi connectivity index (χ4n) is 2.04. The Bertz CT molecular complexity index is 322. The lowest BCUT2D eigenvalue weighted by atomic mass is 10.1. The van der Waals surface area contributed by atoms with Crippen molar-refractivity contribution in [3.8, 4) is 0 Å². The minimum absolute atomic E-state index is 0.0647. The van der Waals surface area contributed by atoms with Crippen molar-refractivity contribution in [1.29, 1.82) is 0 Å². The maximum Gasteiger partial charge on any atom is 0.325 e. The van der Waals surface area contributed by atoms with E-state index in [0.717, 1.165) is 6.42 Å². The van der Waals surface area contributed by atoms with Crippen molar-refractivity contribution < 1.29 is 19.1 Å². The summed E-state index contributed by atoms with van der Waals surface area (Å²) >= 11 is 0. The van der Waals surface area contributed by atoms with E-state index in [2.05, 4.69) is 5.32 Å². The fourth-order valence-corrected chi connectivity index (χ4v) is 2.04. The highest BCUT2D eigenvalue weighted by Gasteiger charge is 2.36. The first-order valence-corrected chi connectivity index (χ1v) is 6.72. The van der Waals surface area contributed by atoms with E-state index in [9.17, 15) is 9.59 Å². The van der Waals surface area contributed by atoms with Gasteiger partial charge in [0.25, 0.3) is 0 Å². The highest BCUT2D eigenvalue weighted by Crippen LogP contribution is 2.13. The van der Waals surface area contributed by atoms with E-state index in [4.69, 9.17) is 9.47 Å². The van der Waals surface area contributed by atoms with Gasteiger partial charge in [0.1, 0.15) is 6.04 Å². The number of nitrogens with one attached hydrogen (secondary N) is 1. The van der Waals surface area contributed by atoms with Crippen molar-refractivity contribution >= 4 is 11.9 Å². The monoisotopic (exact) mass is 272 g/mol. The summed E-state index contributed by atoms with van der Waals surface area (Å²) in [5.74, 6) is -0.423. The zero-order valence-electron chi connectivity index (χ0n) is 12.1. The van der Waals surface area contributed by atoms with Crippen LogP contribution in [0.4, 0.5) is 0 Å². The number of ether oxygens (including phenoxy) is 2. The predicted octanol–water partition coefficient (Wildman–Crippen LogP) is 0.163. The first-order chi connectivity index (χ1) is 9.01. The Kier molecular flexibility index (Phi) is 6.24. The second-order valence-corrected chi connectivity index (χ2v) is 4.85. The molecule has 1 rings (SSSR count). The number of nitrogens with zero attached hydrogens (tertiary/aromatic N) is 1. The van der Waals surface area contributed by atoms with Gasteiger partial charge < -0.3 is 14.8 Å². The lowest BCUT2D eigenvalue weighted by Gasteiger charge is -2.37. The van der Waals surface area contributed by atoms with Gasteiger partial charge in [0.05, 0.1) is 26.4 Å². The number of hydrogen-bond donors (Lipinski definition) is 1. The number of carbonyl (C=O) groups is 2. The highest BCUT2D eigenvalue weighted by molar-refractivity contribution is 5.83. The molecular formula is C13H24N2O4. The van der Waals surface area contributed by atoms with Crippen LogP contribution in [0.1, 0.15) is 27.2 Å². The van der Waals surface area contributed by atoms with Gasteiger partial charge in [0.2, 0.25) is 5.91 Å². The fraction of sp³-hybridized carbons (Fsp3) is 0.846. The molecule has 0 radical (unpaired) electrons. The molecule has 1 fully saturated rings. The number of carbonyl (C=O) groups excluding carboxylic acids is 2. The SMILES string of the molecule is CCC(C)NC(=O)C(C)N1CCOCC1C(=O)OC. The van der Waals surface area contributed by atoms with E-state index in [1.54, 1.807) is 6.92 Å². The van der Waals surface area contributed by atoms with E-state index in [1.165, 1.54) is 7.11 Å². The molecule has 1 aliphatic rings. The van der Waals surface area contributed by atoms with Gasteiger partial charge in [-0.05, 0) is 20.3 Å². The molecule has 1 saturated heterocycles. The summed E-state index contributed by atoms with van der Waals surface area (Å²) in [7, 11) is 1.35. The molecular weight excluding hydrogens is 248 g/mol. The van der Waals surface area contributed by atoms with Crippen LogP contribution in [-0.2, 0) is 19.1 Å². The average molecular weight is 272 g/mol. The van der Waals surface area contributed by atoms with Crippen LogP contribution in [0.3, 0.4) is 0 Å². The van der Waals surface area contributed by atoms with E-state index in [0.29, 0.717) is 13.2 Å². The topological polar surface area (TPSA) is 67.9 Å². The van der Waals surface area contributed by atoms with Gasteiger partial charge in [-0.3, -0.25) is 14.5 Å². The van der Waals surface area contributed by atoms with Crippen LogP contribution in [-0.4, -0.2) is 61.8 Å². The number of hydrogen-bond acceptors (Lipinski definition) is 5. The Morgan fingerprint density at radius 1 is 1.47 bits per heavy atom. The molecule has 6 nitrogen and oxygen atoms in total. The molecule has 3 unspecified atom stereocenters. The van der Waals surface area contributed by atoms with Gasteiger partial charge in [0, 0.05) is 12.6 Å². The third-order valence-corrected chi connectivity index (χ3v) is 3.52. The second kappa shape index (κ2) is 7.45. The molecule has 110 valence electrons. The number of rotatable bonds is 5. The Labute approximate surface area is 114 Å². The predicted molar refractivity (Wildman–Crippen MR) is 70.7 cm³/mol. The lowest BCUT2D eigenvalue weighted by molar-refractivity contribution is -0.156. The molecule has 1 aliphatic heterocycles. The molecule has 1 N–H and O–H groups in total. The maximum atomic E-state index is 12.1. The molecule has 1 amide bonds. The quantitative estimate of drug-likeness (QED) is 0.722. The normalized spacial score (nSPS) is 23.5. The Balaban J connectivity index is 2.68. The molecule has 0 aromatic heterocycles. The van der Waals surface area contributed by atoms with Crippen molar-refractivity contribution in [1.82, 2.24) is 10.2 Å². The van der Waals surface area contributed by atoms with Crippen LogP contribution in [0, 0.1) is 0 Å². The van der Waals surface area contributed by atoms with Crippen molar-refractivity contribution in [2.45, 2.75) is 45.3 Å². The van der Waals surface area contributed by atoms with E-state index < -0.39 is 6.04 Å². The Hall–Kier alpha value is -1.14. The minimum Gasteiger partial charge on any atom is -0.468 e.